The van der Waals surface area contributed by atoms with Crippen LogP contribution < -0.4 is 10.6 Å². The number of fused-ring (bicyclic) bond motifs is 1. The van der Waals surface area contributed by atoms with Gasteiger partial charge in [0.25, 0.3) is 11.8 Å². The number of carbonyl (C=O) groups is 2. The van der Waals surface area contributed by atoms with Crippen molar-refractivity contribution in [3.05, 3.63) is 47.0 Å². The van der Waals surface area contributed by atoms with Gasteiger partial charge in [0.2, 0.25) is 0 Å². The molecule has 0 spiro atoms. The fraction of sp³-hybridized carbons (Fsp3) is 0.476. The number of anilines is 1. The van der Waals surface area contributed by atoms with E-state index in [9.17, 15) is 9.59 Å². The zero-order chi connectivity index (χ0) is 19.2. The lowest BCUT2D eigenvalue weighted by Gasteiger charge is -2.17. The molecule has 2 N–H and O–H groups in total. The molecule has 1 aliphatic heterocycles. The van der Waals surface area contributed by atoms with Gasteiger partial charge in [-0.1, -0.05) is 31.9 Å². The molecule has 1 aliphatic rings. The summed E-state index contributed by atoms with van der Waals surface area (Å²) in [5, 5.41) is 5.85. The summed E-state index contributed by atoms with van der Waals surface area (Å²) in [4.78, 5) is 29.9. The van der Waals surface area contributed by atoms with E-state index in [2.05, 4.69) is 22.5 Å². The number of unbranched alkanes of at least 4 members (excludes halogenated alkanes) is 2. The summed E-state index contributed by atoms with van der Waals surface area (Å²) in [6.07, 6.45) is 5.93. The standard InChI is InChI=1S/C21H28N4O2/c1-3-4-6-12-22-21(27)19-24-18(17-11-5-7-13-25(17)19)20(26)23-16-10-8-9-15(2)14-16/h8-10,14H,3-7,11-13H2,1-2H3,(H,22,27)(H,23,26). The number of benzene rings is 1. The third kappa shape index (κ3) is 4.56. The summed E-state index contributed by atoms with van der Waals surface area (Å²) in [6.45, 7) is 5.48. The van der Waals surface area contributed by atoms with Crippen molar-refractivity contribution in [3.8, 4) is 0 Å². The van der Waals surface area contributed by atoms with Gasteiger partial charge in [0, 0.05) is 18.8 Å². The van der Waals surface area contributed by atoms with Gasteiger partial charge in [0.15, 0.2) is 11.5 Å². The Kier molecular flexibility index (Phi) is 6.27. The van der Waals surface area contributed by atoms with E-state index in [1.54, 1.807) is 0 Å². The van der Waals surface area contributed by atoms with Crippen molar-refractivity contribution in [2.24, 2.45) is 0 Å². The zero-order valence-electron chi connectivity index (χ0n) is 16.2. The molecule has 0 aliphatic carbocycles. The van der Waals surface area contributed by atoms with Crippen molar-refractivity contribution < 1.29 is 9.59 Å². The van der Waals surface area contributed by atoms with E-state index in [-0.39, 0.29) is 11.8 Å². The fourth-order valence-corrected chi connectivity index (χ4v) is 3.47. The first kappa shape index (κ1) is 19.1. The third-order valence-electron chi connectivity index (χ3n) is 4.88. The zero-order valence-corrected chi connectivity index (χ0v) is 16.2. The van der Waals surface area contributed by atoms with E-state index in [0.29, 0.717) is 18.1 Å². The molecule has 0 saturated carbocycles. The Labute approximate surface area is 160 Å². The smallest absolute Gasteiger partial charge is 0.287 e. The van der Waals surface area contributed by atoms with Crippen LogP contribution >= 0.6 is 0 Å². The monoisotopic (exact) mass is 368 g/mol. The number of aromatic nitrogens is 2. The highest BCUT2D eigenvalue weighted by Gasteiger charge is 2.27. The van der Waals surface area contributed by atoms with Crippen LogP contribution in [0.25, 0.3) is 0 Å². The Morgan fingerprint density at radius 1 is 1.19 bits per heavy atom. The maximum Gasteiger partial charge on any atom is 0.287 e. The number of nitrogens with zero attached hydrogens (tertiary/aromatic N) is 2. The second-order valence-electron chi connectivity index (χ2n) is 7.13. The molecule has 6 nitrogen and oxygen atoms in total. The van der Waals surface area contributed by atoms with Gasteiger partial charge in [-0.2, -0.15) is 0 Å². The summed E-state index contributed by atoms with van der Waals surface area (Å²) in [5.41, 5.74) is 3.05. The molecule has 0 saturated heterocycles. The number of hydrogen-bond donors (Lipinski definition) is 2. The molecule has 0 radical (unpaired) electrons. The Bertz CT molecular complexity index is 826. The van der Waals surface area contributed by atoms with Crippen molar-refractivity contribution in [1.82, 2.24) is 14.9 Å². The molecule has 1 aromatic heterocycles. The van der Waals surface area contributed by atoms with Gasteiger partial charge in [0.05, 0.1) is 5.69 Å². The van der Waals surface area contributed by atoms with Gasteiger partial charge >= 0.3 is 0 Å². The Morgan fingerprint density at radius 3 is 2.81 bits per heavy atom. The van der Waals surface area contributed by atoms with Crippen LogP contribution in [0.15, 0.2) is 24.3 Å². The molecule has 0 bridgehead atoms. The predicted octanol–water partition coefficient (Wildman–Crippen LogP) is 3.70. The number of rotatable bonds is 7. The minimum absolute atomic E-state index is 0.191. The van der Waals surface area contributed by atoms with Crippen molar-refractivity contribution in [2.45, 2.75) is 58.9 Å². The number of amides is 2. The van der Waals surface area contributed by atoms with E-state index < -0.39 is 0 Å². The summed E-state index contributed by atoms with van der Waals surface area (Å²) in [7, 11) is 0. The maximum absolute atomic E-state index is 12.8. The first-order valence-electron chi connectivity index (χ1n) is 9.85. The highest BCUT2D eigenvalue weighted by molar-refractivity contribution is 6.05. The molecule has 2 aromatic rings. The minimum atomic E-state index is -0.253. The molecule has 0 atom stereocenters. The van der Waals surface area contributed by atoms with E-state index in [0.717, 1.165) is 62.0 Å². The molecule has 6 heteroatoms. The number of hydrogen-bond acceptors (Lipinski definition) is 3. The molecule has 0 unspecified atom stereocenters. The average molecular weight is 368 g/mol. The van der Waals surface area contributed by atoms with Gasteiger partial charge in [-0.3, -0.25) is 9.59 Å². The summed E-state index contributed by atoms with van der Waals surface area (Å²) >= 11 is 0. The number of carbonyl (C=O) groups excluding carboxylic acids is 2. The normalized spacial score (nSPS) is 13.1. The Morgan fingerprint density at radius 2 is 2.04 bits per heavy atom. The maximum atomic E-state index is 12.8. The fourth-order valence-electron chi connectivity index (χ4n) is 3.47. The topological polar surface area (TPSA) is 76.0 Å². The summed E-state index contributed by atoms with van der Waals surface area (Å²) in [5.74, 6) is -0.0873. The summed E-state index contributed by atoms with van der Waals surface area (Å²) in [6, 6.07) is 7.66. The second kappa shape index (κ2) is 8.84. The lowest BCUT2D eigenvalue weighted by atomic mass is 10.1. The van der Waals surface area contributed by atoms with Crippen LogP contribution in [0.4, 0.5) is 5.69 Å². The molecule has 1 aromatic carbocycles. The number of nitrogens with one attached hydrogen (secondary N) is 2. The molecule has 2 amide bonds. The highest BCUT2D eigenvalue weighted by Crippen LogP contribution is 2.22. The van der Waals surface area contributed by atoms with Crippen LogP contribution in [0.2, 0.25) is 0 Å². The first-order valence-corrected chi connectivity index (χ1v) is 9.85. The quantitative estimate of drug-likeness (QED) is 0.732. The van der Waals surface area contributed by atoms with Crippen molar-refractivity contribution >= 4 is 17.5 Å². The van der Waals surface area contributed by atoms with Crippen molar-refractivity contribution in [1.29, 1.82) is 0 Å². The minimum Gasteiger partial charge on any atom is -0.349 e. The van der Waals surface area contributed by atoms with Crippen LogP contribution in [0, 0.1) is 6.92 Å². The van der Waals surface area contributed by atoms with E-state index in [1.807, 2.05) is 35.8 Å². The largest absolute Gasteiger partial charge is 0.349 e. The van der Waals surface area contributed by atoms with Crippen molar-refractivity contribution in [2.75, 3.05) is 11.9 Å². The molecule has 3 rings (SSSR count). The van der Waals surface area contributed by atoms with Gasteiger partial charge in [-0.15, -0.1) is 0 Å². The molecular weight excluding hydrogens is 340 g/mol. The lowest BCUT2D eigenvalue weighted by Crippen LogP contribution is -2.28. The van der Waals surface area contributed by atoms with Crippen LogP contribution in [0.5, 0.6) is 0 Å². The third-order valence-corrected chi connectivity index (χ3v) is 4.88. The lowest BCUT2D eigenvalue weighted by molar-refractivity contribution is 0.0937. The number of imidazole rings is 1. The SMILES string of the molecule is CCCCCNC(=O)c1nc(C(=O)Nc2cccc(C)c2)c2n1CCCC2. The first-order chi connectivity index (χ1) is 13.1. The van der Waals surface area contributed by atoms with E-state index >= 15 is 0 Å². The van der Waals surface area contributed by atoms with Crippen LogP contribution in [0.1, 0.15) is 71.4 Å². The molecule has 27 heavy (non-hydrogen) atoms. The van der Waals surface area contributed by atoms with Crippen LogP contribution in [0.3, 0.4) is 0 Å². The van der Waals surface area contributed by atoms with Gasteiger partial charge in [0.1, 0.15) is 0 Å². The highest BCUT2D eigenvalue weighted by atomic mass is 16.2. The predicted molar refractivity (Wildman–Crippen MR) is 106 cm³/mol. The molecule has 2 heterocycles. The van der Waals surface area contributed by atoms with Gasteiger partial charge in [-0.05, 0) is 50.3 Å². The second-order valence-corrected chi connectivity index (χ2v) is 7.13. The molecule has 144 valence electrons. The van der Waals surface area contributed by atoms with Crippen LogP contribution in [-0.2, 0) is 13.0 Å². The Balaban J connectivity index is 1.80. The molecular formula is C21H28N4O2. The Hall–Kier alpha value is -2.63. The van der Waals surface area contributed by atoms with Crippen molar-refractivity contribution in [3.63, 3.8) is 0 Å². The number of aryl methyl sites for hydroxylation is 1. The van der Waals surface area contributed by atoms with Crippen LogP contribution in [-0.4, -0.2) is 27.9 Å². The van der Waals surface area contributed by atoms with E-state index in [4.69, 9.17) is 0 Å². The van der Waals surface area contributed by atoms with E-state index in [1.165, 1.54) is 0 Å². The summed E-state index contributed by atoms with van der Waals surface area (Å²) < 4.78 is 1.92. The van der Waals surface area contributed by atoms with Gasteiger partial charge < -0.3 is 15.2 Å². The average Bonchev–Trinajstić information content (AvgIpc) is 3.05. The molecule has 0 fully saturated rings. The van der Waals surface area contributed by atoms with Gasteiger partial charge in [-0.25, -0.2) is 4.98 Å².